The molecule has 0 bridgehead atoms. The average Bonchev–Trinajstić information content (AvgIpc) is 3.01. The zero-order chi connectivity index (χ0) is 17.0. The normalized spacial score (nSPS) is 15.6. The van der Waals surface area contributed by atoms with Crippen LogP contribution in [-0.2, 0) is 10.0 Å². The van der Waals surface area contributed by atoms with E-state index < -0.39 is 10.0 Å². The molecule has 0 unspecified atom stereocenters. The number of hydrogen-bond donors (Lipinski definition) is 1. The quantitative estimate of drug-likeness (QED) is 0.783. The fraction of sp³-hybridized carbons (Fsp3) is 0.643. The van der Waals surface area contributed by atoms with Crippen molar-refractivity contribution in [3.8, 4) is 0 Å². The minimum absolute atomic E-state index is 0.0759. The van der Waals surface area contributed by atoms with Gasteiger partial charge in [0.1, 0.15) is 0 Å². The molecule has 0 aliphatic carbocycles. The summed E-state index contributed by atoms with van der Waals surface area (Å²) in [4.78, 5) is 22.2. The molecule has 1 aliphatic rings. The van der Waals surface area contributed by atoms with Crippen molar-refractivity contribution in [1.29, 1.82) is 0 Å². The standard InChI is InChI=1S/C14H23N5O3S/c1-11-12(10-16-14(17-11)18(2)3)13(20)15-6-9-23(21,22)19-7-4-5-8-19/h10H,4-9H2,1-3H3,(H,15,20). The number of aryl methyl sites for hydroxylation is 1. The van der Waals surface area contributed by atoms with Crippen LogP contribution in [0.1, 0.15) is 28.9 Å². The number of carbonyl (C=O) groups is 1. The van der Waals surface area contributed by atoms with Crippen LogP contribution in [0.3, 0.4) is 0 Å². The molecule has 8 nitrogen and oxygen atoms in total. The molecule has 0 atom stereocenters. The highest BCUT2D eigenvalue weighted by Gasteiger charge is 2.25. The second-order valence-corrected chi connectivity index (χ2v) is 7.83. The van der Waals surface area contributed by atoms with Gasteiger partial charge >= 0.3 is 0 Å². The van der Waals surface area contributed by atoms with E-state index in [1.807, 2.05) is 14.1 Å². The van der Waals surface area contributed by atoms with Gasteiger partial charge in [-0.05, 0) is 19.8 Å². The van der Waals surface area contributed by atoms with Crippen molar-refractivity contribution in [2.75, 3.05) is 44.4 Å². The molecule has 128 valence electrons. The van der Waals surface area contributed by atoms with E-state index in [9.17, 15) is 13.2 Å². The van der Waals surface area contributed by atoms with Gasteiger partial charge in [-0.25, -0.2) is 22.7 Å². The average molecular weight is 341 g/mol. The van der Waals surface area contributed by atoms with E-state index in [1.54, 1.807) is 11.8 Å². The van der Waals surface area contributed by atoms with Crippen LogP contribution in [0.4, 0.5) is 5.95 Å². The maximum absolute atomic E-state index is 12.1. The van der Waals surface area contributed by atoms with Crippen LogP contribution in [0.2, 0.25) is 0 Å². The summed E-state index contributed by atoms with van der Waals surface area (Å²) in [6.07, 6.45) is 3.27. The molecule has 0 saturated carbocycles. The van der Waals surface area contributed by atoms with Crippen molar-refractivity contribution in [2.45, 2.75) is 19.8 Å². The zero-order valence-corrected chi connectivity index (χ0v) is 14.6. The Morgan fingerprint density at radius 3 is 2.57 bits per heavy atom. The smallest absolute Gasteiger partial charge is 0.254 e. The first kappa shape index (κ1) is 17.6. The Labute approximate surface area is 137 Å². The second kappa shape index (κ2) is 7.22. The Morgan fingerprint density at radius 1 is 1.35 bits per heavy atom. The molecule has 1 amide bonds. The summed E-state index contributed by atoms with van der Waals surface area (Å²) >= 11 is 0. The molecule has 23 heavy (non-hydrogen) atoms. The molecule has 1 aliphatic heterocycles. The SMILES string of the molecule is Cc1nc(N(C)C)ncc1C(=O)NCCS(=O)(=O)N1CCCC1. The minimum Gasteiger partial charge on any atom is -0.351 e. The summed E-state index contributed by atoms with van der Waals surface area (Å²) in [6, 6.07) is 0. The predicted octanol–water partition coefficient (Wildman–Crippen LogP) is 0.00642. The number of carbonyl (C=O) groups excluding carboxylic acids is 1. The molecule has 2 rings (SSSR count). The van der Waals surface area contributed by atoms with Crippen molar-refractivity contribution in [3.05, 3.63) is 17.5 Å². The van der Waals surface area contributed by atoms with Crippen LogP contribution < -0.4 is 10.2 Å². The highest BCUT2D eigenvalue weighted by Crippen LogP contribution is 2.13. The van der Waals surface area contributed by atoms with Crippen LogP contribution >= 0.6 is 0 Å². The number of aromatic nitrogens is 2. The van der Waals surface area contributed by atoms with Gasteiger partial charge in [-0.2, -0.15) is 0 Å². The number of hydrogen-bond acceptors (Lipinski definition) is 6. The van der Waals surface area contributed by atoms with Crippen LogP contribution in [0, 0.1) is 6.92 Å². The van der Waals surface area contributed by atoms with Crippen LogP contribution in [0.25, 0.3) is 0 Å². The van der Waals surface area contributed by atoms with Gasteiger partial charge in [0.2, 0.25) is 16.0 Å². The summed E-state index contributed by atoms with van der Waals surface area (Å²) in [7, 11) is 0.349. The van der Waals surface area contributed by atoms with Crippen molar-refractivity contribution in [3.63, 3.8) is 0 Å². The molecule has 2 heterocycles. The molecule has 0 aromatic carbocycles. The lowest BCUT2D eigenvalue weighted by Gasteiger charge is -2.16. The topological polar surface area (TPSA) is 95.5 Å². The predicted molar refractivity (Wildman–Crippen MR) is 88.0 cm³/mol. The molecule has 1 N–H and O–H groups in total. The summed E-state index contributed by atoms with van der Waals surface area (Å²) in [6.45, 7) is 2.96. The van der Waals surface area contributed by atoms with E-state index in [1.165, 1.54) is 10.5 Å². The van der Waals surface area contributed by atoms with Crippen LogP contribution in [-0.4, -0.2) is 68.1 Å². The lowest BCUT2D eigenvalue weighted by molar-refractivity contribution is 0.0954. The van der Waals surface area contributed by atoms with E-state index in [2.05, 4.69) is 15.3 Å². The molecule has 0 spiro atoms. The molecule has 1 fully saturated rings. The number of nitrogens with one attached hydrogen (secondary N) is 1. The molecular weight excluding hydrogens is 318 g/mol. The molecule has 9 heteroatoms. The largest absolute Gasteiger partial charge is 0.351 e. The first-order valence-electron chi connectivity index (χ1n) is 7.58. The Kier molecular flexibility index (Phi) is 5.53. The first-order valence-corrected chi connectivity index (χ1v) is 9.19. The molecule has 1 aromatic rings. The Balaban J connectivity index is 1.92. The van der Waals surface area contributed by atoms with Crippen LogP contribution in [0.5, 0.6) is 0 Å². The Bertz CT molecular complexity index is 669. The molecule has 1 saturated heterocycles. The van der Waals surface area contributed by atoms with E-state index in [4.69, 9.17) is 0 Å². The van der Waals surface area contributed by atoms with Gasteiger partial charge in [-0.15, -0.1) is 0 Å². The number of anilines is 1. The van der Waals surface area contributed by atoms with Gasteiger partial charge < -0.3 is 10.2 Å². The monoisotopic (exact) mass is 341 g/mol. The number of nitrogens with zero attached hydrogens (tertiary/aromatic N) is 4. The fourth-order valence-electron chi connectivity index (χ4n) is 2.38. The van der Waals surface area contributed by atoms with Gasteiger partial charge in [-0.3, -0.25) is 4.79 Å². The van der Waals surface area contributed by atoms with Crippen molar-refractivity contribution < 1.29 is 13.2 Å². The van der Waals surface area contributed by atoms with E-state index >= 15 is 0 Å². The highest BCUT2D eigenvalue weighted by atomic mass is 32.2. The van der Waals surface area contributed by atoms with Crippen LogP contribution in [0.15, 0.2) is 6.20 Å². The lowest BCUT2D eigenvalue weighted by atomic mass is 10.2. The van der Waals surface area contributed by atoms with Crippen molar-refractivity contribution >= 4 is 21.9 Å². The van der Waals surface area contributed by atoms with Crippen molar-refractivity contribution in [1.82, 2.24) is 19.6 Å². The Morgan fingerprint density at radius 2 is 2.00 bits per heavy atom. The third kappa shape index (κ3) is 4.38. The zero-order valence-electron chi connectivity index (χ0n) is 13.7. The fourth-order valence-corrected chi connectivity index (χ4v) is 3.81. The van der Waals surface area contributed by atoms with E-state index in [-0.39, 0.29) is 18.2 Å². The highest BCUT2D eigenvalue weighted by molar-refractivity contribution is 7.89. The Hall–Kier alpha value is -1.74. The molecular formula is C14H23N5O3S. The van der Waals surface area contributed by atoms with Crippen molar-refractivity contribution in [2.24, 2.45) is 0 Å². The first-order chi connectivity index (χ1) is 10.8. The molecule has 0 radical (unpaired) electrons. The number of amides is 1. The third-order valence-electron chi connectivity index (χ3n) is 3.72. The summed E-state index contributed by atoms with van der Waals surface area (Å²) in [5.74, 6) is 0.0779. The van der Waals surface area contributed by atoms with Gasteiger partial charge in [0.25, 0.3) is 5.91 Å². The van der Waals surface area contributed by atoms with E-state index in [0.29, 0.717) is 30.3 Å². The second-order valence-electron chi connectivity index (χ2n) is 5.74. The van der Waals surface area contributed by atoms with Gasteiger partial charge in [0, 0.05) is 39.9 Å². The number of rotatable bonds is 6. The molecule has 1 aromatic heterocycles. The lowest BCUT2D eigenvalue weighted by Crippen LogP contribution is -2.36. The summed E-state index contributed by atoms with van der Waals surface area (Å²) in [5.41, 5.74) is 0.915. The number of sulfonamides is 1. The maximum atomic E-state index is 12.1. The minimum atomic E-state index is -3.29. The third-order valence-corrected chi connectivity index (χ3v) is 5.59. The van der Waals surface area contributed by atoms with Gasteiger partial charge in [0.05, 0.1) is 17.0 Å². The van der Waals surface area contributed by atoms with E-state index in [0.717, 1.165) is 12.8 Å². The van der Waals surface area contributed by atoms with Gasteiger partial charge in [0.15, 0.2) is 0 Å². The summed E-state index contributed by atoms with van der Waals surface area (Å²) in [5, 5.41) is 2.63. The maximum Gasteiger partial charge on any atom is 0.254 e. The summed E-state index contributed by atoms with van der Waals surface area (Å²) < 4.78 is 25.6. The van der Waals surface area contributed by atoms with Gasteiger partial charge in [-0.1, -0.05) is 0 Å².